The van der Waals surface area contributed by atoms with Gasteiger partial charge in [-0.25, -0.2) is 0 Å². The average Bonchev–Trinajstić information content (AvgIpc) is 2.62. The number of esters is 1. The van der Waals surface area contributed by atoms with E-state index in [1.165, 1.54) is 5.56 Å². The number of aryl methyl sites for hydroxylation is 2. The minimum Gasteiger partial charge on any atom is -0.431 e. The molecule has 2 aliphatic heterocycles. The van der Waals surface area contributed by atoms with Crippen molar-refractivity contribution in [1.29, 1.82) is 0 Å². The molecule has 2 aromatic rings. The number of ketones is 1. The quantitative estimate of drug-likeness (QED) is 0.712. The summed E-state index contributed by atoms with van der Waals surface area (Å²) in [6.07, 6.45) is 2.89. The molecule has 28 heavy (non-hydrogen) atoms. The molecule has 144 valence electrons. The zero-order valence-electron chi connectivity index (χ0n) is 16.2. The number of nitrogens with zero attached hydrogens (tertiary/aromatic N) is 1. The summed E-state index contributed by atoms with van der Waals surface area (Å²) in [4.78, 5) is 38.7. The number of para-hydroxylation sites is 1. The Morgan fingerprint density at radius 2 is 1.96 bits per heavy atom. The van der Waals surface area contributed by atoms with Crippen molar-refractivity contribution in [3.05, 3.63) is 57.1 Å². The Balaban J connectivity index is 1.74. The van der Waals surface area contributed by atoms with Crippen LogP contribution < -0.4 is 5.56 Å². The predicted octanol–water partition coefficient (Wildman–Crippen LogP) is 3.62. The van der Waals surface area contributed by atoms with Crippen LogP contribution >= 0.6 is 0 Å². The van der Waals surface area contributed by atoms with Crippen molar-refractivity contribution in [2.75, 3.05) is 0 Å². The summed E-state index contributed by atoms with van der Waals surface area (Å²) >= 11 is 0. The summed E-state index contributed by atoms with van der Waals surface area (Å²) < 4.78 is 7.31. The molecule has 0 N–H and O–H groups in total. The summed E-state index contributed by atoms with van der Waals surface area (Å²) in [6.45, 7) is 4.68. The van der Waals surface area contributed by atoms with E-state index in [0.29, 0.717) is 36.3 Å². The highest BCUT2D eigenvalue weighted by Gasteiger charge is 2.43. The van der Waals surface area contributed by atoms with Crippen LogP contribution in [0, 0.1) is 5.41 Å². The van der Waals surface area contributed by atoms with E-state index in [0.717, 1.165) is 23.7 Å². The number of pyridine rings is 1. The fourth-order valence-corrected chi connectivity index (χ4v) is 5.11. The van der Waals surface area contributed by atoms with Crippen LogP contribution in [-0.4, -0.2) is 16.3 Å². The number of allylic oxidation sites excluding steroid dienone is 2. The lowest BCUT2D eigenvalue weighted by Gasteiger charge is -2.36. The van der Waals surface area contributed by atoms with Crippen LogP contribution in [0.1, 0.15) is 56.6 Å². The highest BCUT2D eigenvalue weighted by molar-refractivity contribution is 6.01. The number of Topliss-reactive ketones (excluding diaryl/α,β-unsaturated/α-hetero) is 1. The van der Waals surface area contributed by atoms with Gasteiger partial charge in [0.25, 0.3) is 5.56 Å². The van der Waals surface area contributed by atoms with Gasteiger partial charge in [-0.15, -0.1) is 0 Å². The monoisotopic (exact) mass is 377 g/mol. The van der Waals surface area contributed by atoms with Crippen molar-refractivity contribution >= 4 is 22.7 Å². The molecule has 3 aliphatic rings. The van der Waals surface area contributed by atoms with Crippen molar-refractivity contribution < 1.29 is 14.3 Å². The lowest BCUT2D eigenvalue weighted by Crippen LogP contribution is -2.37. The number of ether oxygens (including phenoxy) is 1. The number of carbonyl (C=O) groups excluding carboxylic acids is 2. The smallest absolute Gasteiger partial charge is 0.311 e. The molecule has 1 atom stereocenters. The van der Waals surface area contributed by atoms with Crippen molar-refractivity contribution in [3.8, 4) is 0 Å². The lowest BCUT2D eigenvalue weighted by atomic mass is 9.71. The topological polar surface area (TPSA) is 65.4 Å². The van der Waals surface area contributed by atoms with E-state index in [9.17, 15) is 14.4 Å². The first-order valence-electron chi connectivity index (χ1n) is 9.96. The normalized spacial score (nSPS) is 23.6. The summed E-state index contributed by atoms with van der Waals surface area (Å²) in [6, 6.07) is 7.98. The van der Waals surface area contributed by atoms with Crippen LogP contribution in [0.25, 0.3) is 10.9 Å². The Kier molecular flexibility index (Phi) is 3.67. The zero-order valence-corrected chi connectivity index (χ0v) is 16.2. The summed E-state index contributed by atoms with van der Waals surface area (Å²) in [5.41, 5.74) is 2.94. The van der Waals surface area contributed by atoms with Gasteiger partial charge in [0.2, 0.25) is 0 Å². The SMILES string of the molecule is CC1(C)CC(=O)C2=C(C1)OC(=O)C[C@H]2c1cc2cccc3c2n(c1=O)CCC3. The van der Waals surface area contributed by atoms with Crippen molar-refractivity contribution in [3.63, 3.8) is 0 Å². The molecule has 0 spiro atoms. The molecule has 1 aromatic heterocycles. The molecule has 0 bridgehead atoms. The van der Waals surface area contributed by atoms with Gasteiger partial charge in [-0.3, -0.25) is 14.4 Å². The Morgan fingerprint density at radius 1 is 1.14 bits per heavy atom. The molecule has 0 radical (unpaired) electrons. The highest BCUT2D eigenvalue weighted by Crippen LogP contribution is 2.45. The van der Waals surface area contributed by atoms with Gasteiger partial charge in [0.1, 0.15) is 5.76 Å². The van der Waals surface area contributed by atoms with Crippen LogP contribution in [0.5, 0.6) is 0 Å². The fourth-order valence-electron chi connectivity index (χ4n) is 5.11. The Morgan fingerprint density at radius 3 is 2.79 bits per heavy atom. The van der Waals surface area contributed by atoms with E-state index in [-0.39, 0.29) is 29.1 Å². The summed E-state index contributed by atoms with van der Waals surface area (Å²) in [7, 11) is 0. The van der Waals surface area contributed by atoms with E-state index >= 15 is 0 Å². The van der Waals surface area contributed by atoms with Crippen LogP contribution in [0.15, 0.2) is 40.4 Å². The number of benzene rings is 1. The number of carbonyl (C=O) groups is 2. The van der Waals surface area contributed by atoms with Crippen LogP contribution in [0.3, 0.4) is 0 Å². The third-order valence-corrected chi connectivity index (χ3v) is 6.26. The zero-order chi connectivity index (χ0) is 19.6. The van der Waals surface area contributed by atoms with Gasteiger partial charge in [0, 0.05) is 36.4 Å². The fraction of sp³-hybridized carbons (Fsp3) is 0.435. The number of rotatable bonds is 1. The maximum atomic E-state index is 13.4. The Hall–Kier alpha value is -2.69. The molecular formula is C23H23NO4. The lowest BCUT2D eigenvalue weighted by molar-refractivity contribution is -0.142. The van der Waals surface area contributed by atoms with Gasteiger partial charge in [0.05, 0.1) is 11.9 Å². The summed E-state index contributed by atoms with van der Waals surface area (Å²) in [5.74, 6) is -0.405. The molecule has 5 heteroatoms. The number of hydrogen-bond donors (Lipinski definition) is 0. The van der Waals surface area contributed by atoms with E-state index in [1.807, 2.05) is 36.6 Å². The van der Waals surface area contributed by atoms with Gasteiger partial charge >= 0.3 is 5.97 Å². The van der Waals surface area contributed by atoms with Crippen LogP contribution in [0.2, 0.25) is 0 Å². The second-order valence-electron chi connectivity index (χ2n) is 9.02. The van der Waals surface area contributed by atoms with Crippen molar-refractivity contribution in [1.82, 2.24) is 4.57 Å². The molecule has 0 saturated heterocycles. The Bertz CT molecular complexity index is 1140. The average molecular weight is 377 g/mol. The van der Waals surface area contributed by atoms with E-state index in [2.05, 4.69) is 6.07 Å². The first-order valence-corrected chi connectivity index (χ1v) is 9.96. The van der Waals surface area contributed by atoms with Crippen LogP contribution in [-0.2, 0) is 27.3 Å². The standard InChI is InChI=1S/C23H23NO4/c1-23(2)11-17(25)20-15(10-19(26)28-18(20)12-23)16-9-14-6-3-5-13-7-4-8-24(21(13)14)22(16)27/h3,5-6,9,15H,4,7-8,10-12H2,1-2H3/t15-/m0/s1. The molecule has 0 amide bonds. The predicted molar refractivity (Wildman–Crippen MR) is 105 cm³/mol. The third-order valence-electron chi connectivity index (χ3n) is 6.26. The van der Waals surface area contributed by atoms with Gasteiger partial charge in [-0.05, 0) is 35.3 Å². The van der Waals surface area contributed by atoms with Gasteiger partial charge in [-0.1, -0.05) is 32.0 Å². The van der Waals surface area contributed by atoms with E-state index in [1.54, 1.807) is 0 Å². The number of hydrogen-bond acceptors (Lipinski definition) is 4. The molecule has 0 fully saturated rings. The second-order valence-corrected chi connectivity index (χ2v) is 9.02. The largest absolute Gasteiger partial charge is 0.431 e. The molecular weight excluding hydrogens is 354 g/mol. The summed E-state index contributed by atoms with van der Waals surface area (Å²) in [5, 5.41) is 0.997. The van der Waals surface area contributed by atoms with E-state index < -0.39 is 5.92 Å². The molecule has 1 aromatic carbocycles. The maximum Gasteiger partial charge on any atom is 0.311 e. The molecule has 1 aliphatic carbocycles. The first-order chi connectivity index (χ1) is 13.3. The van der Waals surface area contributed by atoms with Gasteiger partial charge in [0.15, 0.2) is 5.78 Å². The molecule has 5 nitrogen and oxygen atoms in total. The van der Waals surface area contributed by atoms with E-state index in [4.69, 9.17) is 4.74 Å². The molecule has 3 heterocycles. The Labute approximate surface area is 163 Å². The molecule has 0 saturated carbocycles. The minimum absolute atomic E-state index is 0.00404. The minimum atomic E-state index is -0.508. The van der Waals surface area contributed by atoms with Crippen LogP contribution in [0.4, 0.5) is 0 Å². The second kappa shape index (κ2) is 5.90. The van der Waals surface area contributed by atoms with Gasteiger partial charge < -0.3 is 9.30 Å². The third kappa shape index (κ3) is 2.56. The maximum absolute atomic E-state index is 13.4. The molecule has 5 rings (SSSR count). The highest BCUT2D eigenvalue weighted by atomic mass is 16.5. The number of aromatic nitrogens is 1. The van der Waals surface area contributed by atoms with Gasteiger partial charge in [-0.2, -0.15) is 0 Å². The molecule has 0 unspecified atom stereocenters. The van der Waals surface area contributed by atoms with Crippen molar-refractivity contribution in [2.24, 2.45) is 5.41 Å². The first kappa shape index (κ1) is 17.4. The van der Waals surface area contributed by atoms with Crippen molar-refractivity contribution in [2.45, 2.75) is 58.4 Å².